The summed E-state index contributed by atoms with van der Waals surface area (Å²) in [5.41, 5.74) is -0.623. The number of hydrogen-bond acceptors (Lipinski definition) is 4. The molecule has 0 saturated heterocycles. The van der Waals surface area contributed by atoms with Crippen molar-refractivity contribution >= 4 is 15.9 Å². The third kappa shape index (κ3) is 6.74. The lowest BCUT2D eigenvalue weighted by Crippen LogP contribution is -2.40. The zero-order chi connectivity index (χ0) is 17.7. The molecule has 0 aromatic carbocycles. The number of nitrogens with one attached hydrogen (secondary N) is 2. The minimum Gasteiger partial charge on any atom is -0.438 e. The highest BCUT2D eigenvalue weighted by atomic mass is 32.2. The van der Waals surface area contributed by atoms with Gasteiger partial charge in [0, 0.05) is 11.6 Å². The highest BCUT2D eigenvalue weighted by Gasteiger charge is 2.26. The Bertz CT molecular complexity index is 614. The Morgan fingerprint density at radius 1 is 1.26 bits per heavy atom. The van der Waals surface area contributed by atoms with Gasteiger partial charge in [0.05, 0.1) is 0 Å². The normalized spacial score (nSPS) is 13.8. The second-order valence-corrected chi connectivity index (χ2v) is 8.46. The summed E-state index contributed by atoms with van der Waals surface area (Å²) in [4.78, 5) is 12.1. The van der Waals surface area contributed by atoms with Crippen LogP contribution in [0.25, 0.3) is 0 Å². The van der Waals surface area contributed by atoms with Crippen LogP contribution in [0.3, 0.4) is 0 Å². The molecule has 1 aromatic rings. The zero-order valence-corrected chi connectivity index (χ0v) is 15.4. The fourth-order valence-electron chi connectivity index (χ4n) is 2.11. The van der Waals surface area contributed by atoms with Gasteiger partial charge in [-0.15, -0.1) is 0 Å². The van der Waals surface area contributed by atoms with Crippen LogP contribution in [0.1, 0.15) is 70.9 Å². The Morgan fingerprint density at radius 2 is 1.91 bits per heavy atom. The molecule has 0 spiro atoms. The van der Waals surface area contributed by atoms with Crippen LogP contribution in [0.15, 0.2) is 21.6 Å². The van der Waals surface area contributed by atoms with Crippen LogP contribution in [0.2, 0.25) is 0 Å². The lowest BCUT2D eigenvalue weighted by molar-refractivity contribution is 0.0904. The minimum atomic E-state index is -3.77. The van der Waals surface area contributed by atoms with Crippen molar-refractivity contribution in [1.29, 1.82) is 0 Å². The number of furan rings is 1. The fraction of sp³-hybridized carbons (Fsp3) is 0.688. The first-order chi connectivity index (χ1) is 10.5. The summed E-state index contributed by atoms with van der Waals surface area (Å²) in [7, 11) is -3.77. The van der Waals surface area contributed by atoms with Gasteiger partial charge in [0.25, 0.3) is 15.9 Å². The van der Waals surface area contributed by atoms with Gasteiger partial charge < -0.3 is 9.73 Å². The van der Waals surface area contributed by atoms with Gasteiger partial charge in [-0.1, -0.05) is 26.2 Å². The highest BCUT2D eigenvalue weighted by molar-refractivity contribution is 7.89. The van der Waals surface area contributed by atoms with Crippen molar-refractivity contribution < 1.29 is 17.6 Å². The first-order valence-electron chi connectivity index (χ1n) is 8.00. The molecule has 1 aromatic heterocycles. The van der Waals surface area contributed by atoms with E-state index in [2.05, 4.69) is 17.0 Å². The number of hydrogen-bond donors (Lipinski definition) is 2. The maximum atomic E-state index is 12.1. The SMILES string of the molecule is CCCCC[C@@H](C)NC(=O)c1ccc(S(=O)(=O)NC(C)(C)C)o1. The van der Waals surface area contributed by atoms with Crippen LogP contribution in [0.4, 0.5) is 0 Å². The highest BCUT2D eigenvalue weighted by Crippen LogP contribution is 2.16. The predicted octanol–water partition coefficient (Wildman–Crippen LogP) is 3.06. The quantitative estimate of drug-likeness (QED) is 0.709. The van der Waals surface area contributed by atoms with Crippen molar-refractivity contribution in [2.24, 2.45) is 0 Å². The van der Waals surface area contributed by atoms with E-state index in [0.717, 1.165) is 25.7 Å². The Balaban J connectivity index is 2.70. The average molecular weight is 344 g/mol. The second kappa shape index (κ2) is 7.97. The number of rotatable bonds is 8. The molecule has 1 rings (SSSR count). The molecule has 0 bridgehead atoms. The van der Waals surface area contributed by atoms with Crippen molar-refractivity contribution in [3.05, 3.63) is 17.9 Å². The third-order valence-corrected chi connectivity index (χ3v) is 4.76. The molecular formula is C16H28N2O4S. The van der Waals surface area contributed by atoms with E-state index in [4.69, 9.17) is 4.42 Å². The molecule has 1 heterocycles. The molecule has 1 amide bonds. The summed E-state index contributed by atoms with van der Waals surface area (Å²) in [6.45, 7) is 9.26. The van der Waals surface area contributed by atoms with E-state index in [0.29, 0.717) is 0 Å². The molecule has 0 fully saturated rings. The van der Waals surface area contributed by atoms with Gasteiger partial charge in [-0.25, -0.2) is 13.1 Å². The molecule has 2 N–H and O–H groups in total. The molecule has 0 aliphatic heterocycles. The first kappa shape index (κ1) is 19.7. The number of carbonyl (C=O) groups excluding carboxylic acids is 1. The zero-order valence-electron chi connectivity index (χ0n) is 14.6. The summed E-state index contributed by atoms with van der Waals surface area (Å²) in [6.07, 6.45) is 4.19. The lowest BCUT2D eigenvalue weighted by Gasteiger charge is -2.19. The van der Waals surface area contributed by atoms with Crippen LogP contribution in [0.5, 0.6) is 0 Å². The van der Waals surface area contributed by atoms with Crippen molar-refractivity contribution in [3.8, 4) is 0 Å². The van der Waals surface area contributed by atoms with Crippen LogP contribution in [-0.4, -0.2) is 25.9 Å². The molecule has 6 nitrogen and oxygen atoms in total. The smallest absolute Gasteiger partial charge is 0.287 e. The number of sulfonamides is 1. The molecule has 132 valence electrons. The molecule has 0 aliphatic carbocycles. The van der Waals surface area contributed by atoms with Crippen LogP contribution >= 0.6 is 0 Å². The summed E-state index contributed by atoms with van der Waals surface area (Å²) in [6, 6.07) is 2.70. The third-order valence-electron chi connectivity index (χ3n) is 3.13. The fourth-order valence-corrected chi connectivity index (χ4v) is 3.46. The van der Waals surface area contributed by atoms with Gasteiger partial charge in [-0.05, 0) is 46.2 Å². The van der Waals surface area contributed by atoms with Crippen molar-refractivity contribution in [2.75, 3.05) is 0 Å². The Hall–Kier alpha value is -1.34. The van der Waals surface area contributed by atoms with Gasteiger partial charge in [0.1, 0.15) is 0 Å². The first-order valence-corrected chi connectivity index (χ1v) is 9.48. The molecule has 1 atom stereocenters. The lowest BCUT2D eigenvalue weighted by atomic mass is 10.1. The molecule has 7 heteroatoms. The standard InChI is InChI=1S/C16H28N2O4S/c1-6-7-8-9-12(2)17-15(19)13-10-11-14(22-13)23(20,21)18-16(3,4)5/h10-12,18H,6-9H2,1-5H3,(H,17,19)/t12-/m1/s1. The van der Waals surface area contributed by atoms with E-state index in [1.165, 1.54) is 12.1 Å². The molecule has 0 radical (unpaired) electrons. The van der Waals surface area contributed by atoms with E-state index >= 15 is 0 Å². The summed E-state index contributed by atoms with van der Waals surface area (Å²) >= 11 is 0. The summed E-state index contributed by atoms with van der Waals surface area (Å²) in [5.74, 6) is -0.396. The minimum absolute atomic E-state index is 0.00151. The number of unbranched alkanes of at least 4 members (excludes halogenated alkanes) is 2. The van der Waals surface area contributed by atoms with E-state index in [-0.39, 0.29) is 16.9 Å². The van der Waals surface area contributed by atoms with Crippen LogP contribution in [-0.2, 0) is 10.0 Å². The van der Waals surface area contributed by atoms with E-state index in [1.807, 2.05) is 6.92 Å². The van der Waals surface area contributed by atoms with Gasteiger partial charge in [-0.3, -0.25) is 4.79 Å². The number of carbonyl (C=O) groups is 1. The van der Waals surface area contributed by atoms with Gasteiger partial charge in [0.15, 0.2) is 5.76 Å². The Morgan fingerprint density at radius 3 is 2.48 bits per heavy atom. The Kier molecular flexibility index (Phi) is 6.83. The summed E-state index contributed by atoms with van der Waals surface area (Å²) in [5, 5.41) is 2.57. The topological polar surface area (TPSA) is 88.4 Å². The van der Waals surface area contributed by atoms with Crippen molar-refractivity contribution in [3.63, 3.8) is 0 Å². The second-order valence-electron chi connectivity index (χ2n) is 6.84. The van der Waals surface area contributed by atoms with Gasteiger partial charge >= 0.3 is 0 Å². The average Bonchev–Trinajstić information content (AvgIpc) is 2.86. The van der Waals surface area contributed by atoms with E-state index in [1.54, 1.807) is 20.8 Å². The predicted molar refractivity (Wildman–Crippen MR) is 89.9 cm³/mol. The maximum absolute atomic E-state index is 12.1. The molecule has 23 heavy (non-hydrogen) atoms. The largest absolute Gasteiger partial charge is 0.438 e. The van der Waals surface area contributed by atoms with E-state index < -0.39 is 21.5 Å². The molecular weight excluding hydrogens is 316 g/mol. The van der Waals surface area contributed by atoms with Gasteiger partial charge in [0.2, 0.25) is 5.09 Å². The maximum Gasteiger partial charge on any atom is 0.287 e. The Labute approximate surface area is 139 Å². The van der Waals surface area contributed by atoms with E-state index in [9.17, 15) is 13.2 Å². The monoisotopic (exact) mass is 344 g/mol. The van der Waals surface area contributed by atoms with Crippen molar-refractivity contribution in [1.82, 2.24) is 10.0 Å². The van der Waals surface area contributed by atoms with Crippen LogP contribution < -0.4 is 10.0 Å². The van der Waals surface area contributed by atoms with Gasteiger partial charge in [-0.2, -0.15) is 0 Å². The number of amides is 1. The molecule has 0 unspecified atom stereocenters. The molecule has 0 saturated carbocycles. The molecule has 0 aliphatic rings. The van der Waals surface area contributed by atoms with Crippen LogP contribution in [0, 0.1) is 0 Å². The summed E-state index contributed by atoms with van der Waals surface area (Å²) < 4.78 is 32.0. The van der Waals surface area contributed by atoms with Crippen molar-refractivity contribution in [2.45, 2.75) is 77.0 Å².